The van der Waals surface area contributed by atoms with Gasteiger partial charge >= 0.3 is 5.97 Å². The number of nitrogens with one attached hydrogen (secondary N) is 1. The lowest BCUT2D eigenvalue weighted by Crippen LogP contribution is -2.33. The second-order valence-electron chi connectivity index (χ2n) is 4.82. The Bertz CT molecular complexity index is 435. The Morgan fingerprint density at radius 1 is 1.58 bits per heavy atom. The predicted molar refractivity (Wildman–Crippen MR) is 76.8 cm³/mol. The lowest BCUT2D eigenvalue weighted by molar-refractivity contribution is 0.0697. The molecular formula is C14H23N3O2. The minimum Gasteiger partial charge on any atom is -0.478 e. The smallest absolute Gasteiger partial charge is 0.339 e. The molecule has 1 rings (SSSR count). The second-order valence-corrected chi connectivity index (χ2v) is 4.82. The molecule has 1 aromatic rings. The number of hydrogen-bond acceptors (Lipinski definition) is 4. The zero-order chi connectivity index (χ0) is 14.4. The van der Waals surface area contributed by atoms with Crippen LogP contribution < -0.4 is 5.32 Å². The van der Waals surface area contributed by atoms with E-state index in [1.165, 1.54) is 0 Å². The molecule has 1 heterocycles. The standard InChI is InChI=1S/C14H23N3O2/c1-5-11(3)17(4)9-8-16-13-12(14(18)19)10(2)6-7-15-13/h6-7,11H,5,8-9H2,1-4H3,(H,15,16)(H,18,19). The van der Waals surface area contributed by atoms with Gasteiger partial charge in [0.15, 0.2) is 0 Å². The van der Waals surface area contributed by atoms with Crippen LogP contribution >= 0.6 is 0 Å². The maximum Gasteiger partial charge on any atom is 0.339 e. The van der Waals surface area contributed by atoms with Crippen molar-refractivity contribution in [3.8, 4) is 0 Å². The van der Waals surface area contributed by atoms with E-state index >= 15 is 0 Å². The lowest BCUT2D eigenvalue weighted by Gasteiger charge is -2.23. The number of carboxylic acid groups (broad SMARTS) is 1. The normalized spacial score (nSPS) is 12.5. The number of carbonyl (C=O) groups is 1. The van der Waals surface area contributed by atoms with Crippen molar-refractivity contribution in [1.29, 1.82) is 0 Å². The number of likely N-dealkylation sites (N-methyl/N-ethyl adjacent to an activating group) is 1. The highest BCUT2D eigenvalue weighted by atomic mass is 16.4. The van der Waals surface area contributed by atoms with Crippen LogP contribution in [0.5, 0.6) is 0 Å². The molecule has 106 valence electrons. The Kier molecular flexibility index (Phi) is 5.76. The molecule has 1 aromatic heterocycles. The van der Waals surface area contributed by atoms with Gasteiger partial charge in [-0.05, 0) is 38.9 Å². The number of pyridine rings is 1. The zero-order valence-corrected chi connectivity index (χ0v) is 12.1. The molecule has 0 saturated carbocycles. The monoisotopic (exact) mass is 265 g/mol. The molecule has 0 aromatic carbocycles. The minimum absolute atomic E-state index is 0.258. The first-order chi connectivity index (χ1) is 8.97. The molecule has 0 aliphatic carbocycles. The molecule has 0 saturated heterocycles. The van der Waals surface area contributed by atoms with Crippen molar-refractivity contribution in [1.82, 2.24) is 9.88 Å². The van der Waals surface area contributed by atoms with Crippen LogP contribution in [0.1, 0.15) is 36.2 Å². The first kappa shape index (κ1) is 15.4. The molecule has 1 atom stereocenters. The summed E-state index contributed by atoms with van der Waals surface area (Å²) in [6.45, 7) is 7.63. The van der Waals surface area contributed by atoms with Crippen LogP contribution in [0, 0.1) is 6.92 Å². The highest BCUT2D eigenvalue weighted by Gasteiger charge is 2.14. The summed E-state index contributed by atoms with van der Waals surface area (Å²) in [6, 6.07) is 2.23. The number of anilines is 1. The van der Waals surface area contributed by atoms with Crippen LogP contribution in [0.3, 0.4) is 0 Å². The van der Waals surface area contributed by atoms with Gasteiger partial charge in [-0.25, -0.2) is 9.78 Å². The molecule has 0 bridgehead atoms. The van der Waals surface area contributed by atoms with Gasteiger partial charge in [0.25, 0.3) is 0 Å². The Morgan fingerprint density at radius 3 is 2.84 bits per heavy atom. The number of carboxylic acids is 1. The summed E-state index contributed by atoms with van der Waals surface area (Å²) in [5.41, 5.74) is 0.981. The summed E-state index contributed by atoms with van der Waals surface area (Å²) in [7, 11) is 2.07. The van der Waals surface area contributed by atoms with Crippen molar-refractivity contribution >= 4 is 11.8 Å². The summed E-state index contributed by atoms with van der Waals surface area (Å²) in [5.74, 6) is -0.492. The van der Waals surface area contributed by atoms with Crippen molar-refractivity contribution in [3.63, 3.8) is 0 Å². The maximum absolute atomic E-state index is 11.2. The summed E-state index contributed by atoms with van der Waals surface area (Å²) >= 11 is 0. The van der Waals surface area contributed by atoms with Crippen molar-refractivity contribution in [2.75, 3.05) is 25.5 Å². The number of rotatable bonds is 7. The average Bonchev–Trinajstić information content (AvgIpc) is 2.37. The van der Waals surface area contributed by atoms with Crippen molar-refractivity contribution in [2.45, 2.75) is 33.2 Å². The van der Waals surface area contributed by atoms with Gasteiger partial charge in [0, 0.05) is 25.3 Å². The van der Waals surface area contributed by atoms with Gasteiger partial charge in [-0.1, -0.05) is 6.92 Å². The van der Waals surface area contributed by atoms with Crippen LogP contribution in [0.25, 0.3) is 0 Å². The molecule has 0 aliphatic heterocycles. The molecule has 0 radical (unpaired) electrons. The van der Waals surface area contributed by atoms with E-state index in [2.05, 4.69) is 36.1 Å². The lowest BCUT2D eigenvalue weighted by atomic mass is 10.1. The summed E-state index contributed by atoms with van der Waals surface area (Å²) < 4.78 is 0. The largest absolute Gasteiger partial charge is 0.478 e. The molecule has 5 nitrogen and oxygen atoms in total. The van der Waals surface area contributed by atoms with E-state index < -0.39 is 5.97 Å². The minimum atomic E-state index is -0.941. The van der Waals surface area contributed by atoms with E-state index in [4.69, 9.17) is 0 Å². The third kappa shape index (κ3) is 4.21. The number of aromatic nitrogens is 1. The zero-order valence-electron chi connectivity index (χ0n) is 12.1. The Balaban J connectivity index is 2.64. The number of nitrogens with zero attached hydrogens (tertiary/aromatic N) is 2. The van der Waals surface area contributed by atoms with Crippen molar-refractivity contribution in [3.05, 3.63) is 23.4 Å². The van der Waals surface area contributed by atoms with E-state index in [1.807, 2.05) is 0 Å². The third-order valence-corrected chi connectivity index (χ3v) is 3.47. The molecule has 1 unspecified atom stereocenters. The number of aromatic carboxylic acids is 1. The summed E-state index contributed by atoms with van der Waals surface area (Å²) in [5, 5.41) is 12.3. The SMILES string of the molecule is CCC(C)N(C)CCNc1nccc(C)c1C(=O)O. The van der Waals surface area contributed by atoms with Gasteiger partial charge in [-0.2, -0.15) is 0 Å². The van der Waals surface area contributed by atoms with Gasteiger partial charge in [-0.15, -0.1) is 0 Å². The molecule has 0 amide bonds. The fraction of sp³-hybridized carbons (Fsp3) is 0.571. The Morgan fingerprint density at radius 2 is 2.26 bits per heavy atom. The second kappa shape index (κ2) is 7.09. The molecule has 5 heteroatoms. The van der Waals surface area contributed by atoms with Gasteiger partial charge in [-0.3, -0.25) is 0 Å². The molecule has 0 spiro atoms. The first-order valence-corrected chi connectivity index (χ1v) is 6.60. The maximum atomic E-state index is 11.2. The first-order valence-electron chi connectivity index (χ1n) is 6.60. The van der Waals surface area contributed by atoms with Crippen LogP contribution in [-0.4, -0.2) is 47.1 Å². The van der Waals surface area contributed by atoms with Crippen molar-refractivity contribution in [2.24, 2.45) is 0 Å². The van der Waals surface area contributed by atoms with Crippen LogP contribution in [0.4, 0.5) is 5.82 Å². The fourth-order valence-electron chi connectivity index (χ4n) is 1.84. The Labute approximate surface area is 114 Å². The average molecular weight is 265 g/mol. The predicted octanol–water partition coefficient (Wildman–Crippen LogP) is 2.23. The third-order valence-electron chi connectivity index (χ3n) is 3.47. The van der Waals surface area contributed by atoms with Gasteiger partial charge in [0.1, 0.15) is 11.4 Å². The number of hydrogen-bond donors (Lipinski definition) is 2. The van der Waals surface area contributed by atoms with Gasteiger partial charge in [0.2, 0.25) is 0 Å². The highest BCUT2D eigenvalue weighted by Crippen LogP contribution is 2.16. The van der Waals surface area contributed by atoms with Crippen LogP contribution in [-0.2, 0) is 0 Å². The van der Waals surface area contributed by atoms with Crippen LogP contribution in [0.2, 0.25) is 0 Å². The summed E-state index contributed by atoms with van der Waals surface area (Å²) in [4.78, 5) is 17.6. The molecular weight excluding hydrogens is 242 g/mol. The molecule has 2 N–H and O–H groups in total. The quantitative estimate of drug-likeness (QED) is 0.791. The van der Waals surface area contributed by atoms with Crippen molar-refractivity contribution < 1.29 is 9.90 Å². The van der Waals surface area contributed by atoms with Crippen LogP contribution in [0.15, 0.2) is 12.3 Å². The molecule has 19 heavy (non-hydrogen) atoms. The van der Waals surface area contributed by atoms with Gasteiger partial charge in [0.05, 0.1) is 0 Å². The summed E-state index contributed by atoms with van der Waals surface area (Å²) in [6.07, 6.45) is 2.72. The molecule has 0 aliphatic rings. The van der Waals surface area contributed by atoms with Gasteiger partial charge < -0.3 is 15.3 Å². The molecule has 0 fully saturated rings. The van der Waals surface area contributed by atoms with E-state index in [0.29, 0.717) is 18.4 Å². The number of aryl methyl sites for hydroxylation is 1. The van der Waals surface area contributed by atoms with E-state index in [0.717, 1.165) is 18.5 Å². The highest BCUT2D eigenvalue weighted by molar-refractivity contribution is 5.94. The Hall–Kier alpha value is -1.62. The van der Waals surface area contributed by atoms with E-state index in [1.54, 1.807) is 19.2 Å². The fourth-order valence-corrected chi connectivity index (χ4v) is 1.84. The van der Waals surface area contributed by atoms with E-state index in [9.17, 15) is 9.90 Å². The van der Waals surface area contributed by atoms with E-state index in [-0.39, 0.29) is 5.56 Å². The topological polar surface area (TPSA) is 65.5 Å².